The fourth-order valence-corrected chi connectivity index (χ4v) is 0.813. The van der Waals surface area contributed by atoms with Gasteiger partial charge in [0.2, 0.25) is 5.69 Å². The number of aromatic amines is 1. The zero-order valence-electron chi connectivity index (χ0n) is 6.50. The van der Waals surface area contributed by atoms with Gasteiger partial charge in [-0.3, -0.25) is 4.79 Å². The molecule has 0 aliphatic heterocycles. The lowest BCUT2D eigenvalue weighted by atomic mass is 10.4. The van der Waals surface area contributed by atoms with Gasteiger partial charge in [-0.25, -0.2) is 4.58 Å². The molecule has 11 heavy (non-hydrogen) atoms. The maximum Gasteiger partial charge on any atom is 0.254 e. The zero-order valence-corrected chi connectivity index (χ0v) is 6.50. The van der Waals surface area contributed by atoms with Crippen molar-refractivity contribution in [2.24, 2.45) is 0 Å². The van der Waals surface area contributed by atoms with Crippen molar-refractivity contribution in [1.29, 1.82) is 0 Å². The second-order valence-electron chi connectivity index (χ2n) is 2.27. The van der Waals surface area contributed by atoms with E-state index in [0.29, 0.717) is 0 Å². The number of pyridine rings is 1. The van der Waals surface area contributed by atoms with E-state index < -0.39 is 0 Å². The zero-order chi connectivity index (χ0) is 8.27. The molecule has 1 aromatic heterocycles. The van der Waals surface area contributed by atoms with Gasteiger partial charge in [-0.05, 0) is 6.92 Å². The van der Waals surface area contributed by atoms with Crippen molar-refractivity contribution in [3.8, 4) is 0 Å². The third kappa shape index (κ3) is 1.77. The van der Waals surface area contributed by atoms with Gasteiger partial charge in [0.25, 0.3) is 5.56 Å². The van der Waals surface area contributed by atoms with E-state index in [1.165, 1.54) is 6.07 Å². The third-order valence-electron chi connectivity index (χ3n) is 1.51. The van der Waals surface area contributed by atoms with Gasteiger partial charge in [0.15, 0.2) is 0 Å². The lowest BCUT2D eigenvalue weighted by Gasteiger charge is -1.94. The highest BCUT2D eigenvalue weighted by Gasteiger charge is 2.01. The molecule has 0 amide bonds. The van der Waals surface area contributed by atoms with Crippen LogP contribution in [0.25, 0.3) is 0 Å². The molecule has 1 rings (SSSR count). The average Bonchev–Trinajstić information content (AvgIpc) is 2.03. The van der Waals surface area contributed by atoms with Crippen LogP contribution in [0.4, 0.5) is 5.69 Å². The molecule has 0 aliphatic rings. The highest BCUT2D eigenvalue weighted by molar-refractivity contribution is 5.30. The van der Waals surface area contributed by atoms with Crippen LogP contribution in [0.3, 0.4) is 0 Å². The molecule has 0 spiro atoms. The monoisotopic (exact) mass is 151 g/mol. The van der Waals surface area contributed by atoms with Gasteiger partial charge >= 0.3 is 0 Å². The van der Waals surface area contributed by atoms with Crippen molar-refractivity contribution in [3.63, 3.8) is 0 Å². The van der Waals surface area contributed by atoms with Crippen LogP contribution in [0.2, 0.25) is 0 Å². The molecule has 0 aliphatic carbocycles. The van der Waals surface area contributed by atoms with Crippen LogP contribution >= 0.6 is 0 Å². The molecule has 0 atom stereocenters. The number of aromatic nitrogens is 1. The SMILES string of the molecule is C=[N+](CC)c1cc[nH]c(=O)c1. The molecule has 1 aromatic rings. The second-order valence-corrected chi connectivity index (χ2v) is 2.27. The van der Waals surface area contributed by atoms with E-state index >= 15 is 0 Å². The summed E-state index contributed by atoms with van der Waals surface area (Å²) in [5.41, 5.74) is 0.751. The summed E-state index contributed by atoms with van der Waals surface area (Å²) in [7, 11) is 0. The van der Waals surface area contributed by atoms with Gasteiger partial charge in [-0.2, -0.15) is 0 Å². The minimum Gasteiger partial charge on any atom is -0.329 e. The standard InChI is InChI=1S/C8H10N2O/c1-3-10(2)7-4-5-9-8(11)6-7/h4-6H,2-3H2,1H3/p+1. The minimum absolute atomic E-state index is 0.0930. The first-order valence-corrected chi connectivity index (χ1v) is 3.51. The fourth-order valence-electron chi connectivity index (χ4n) is 0.813. The smallest absolute Gasteiger partial charge is 0.254 e. The molecule has 0 aromatic carbocycles. The molecular formula is C8H11N2O+. The molecule has 0 saturated heterocycles. The first kappa shape index (κ1) is 7.72. The highest BCUT2D eigenvalue weighted by Crippen LogP contribution is 2.03. The lowest BCUT2D eigenvalue weighted by Crippen LogP contribution is -2.07. The quantitative estimate of drug-likeness (QED) is 0.491. The summed E-state index contributed by atoms with van der Waals surface area (Å²) >= 11 is 0. The first-order valence-electron chi connectivity index (χ1n) is 3.51. The van der Waals surface area contributed by atoms with Crippen molar-refractivity contribution < 1.29 is 4.58 Å². The van der Waals surface area contributed by atoms with Crippen LogP contribution in [-0.4, -0.2) is 22.8 Å². The van der Waals surface area contributed by atoms with Crippen molar-refractivity contribution in [3.05, 3.63) is 28.7 Å². The van der Waals surface area contributed by atoms with E-state index in [-0.39, 0.29) is 5.56 Å². The Balaban J connectivity index is 3.05. The number of rotatable bonds is 2. The fraction of sp³-hybridized carbons (Fsp3) is 0.250. The van der Waals surface area contributed by atoms with Crippen LogP contribution in [0, 0.1) is 0 Å². The van der Waals surface area contributed by atoms with E-state index in [0.717, 1.165) is 12.2 Å². The minimum atomic E-state index is -0.0930. The van der Waals surface area contributed by atoms with Gasteiger partial charge in [-0.1, -0.05) is 0 Å². The van der Waals surface area contributed by atoms with Crippen LogP contribution in [0.1, 0.15) is 6.92 Å². The summed E-state index contributed by atoms with van der Waals surface area (Å²) in [5, 5.41) is 0. The first-order chi connectivity index (χ1) is 5.24. The van der Waals surface area contributed by atoms with Gasteiger partial charge in [0, 0.05) is 12.3 Å². The summed E-state index contributed by atoms with van der Waals surface area (Å²) < 4.78 is 1.76. The number of H-pyrrole nitrogens is 1. The molecule has 0 bridgehead atoms. The van der Waals surface area contributed by atoms with Crippen molar-refractivity contribution in [2.75, 3.05) is 6.54 Å². The molecule has 0 unspecified atom stereocenters. The van der Waals surface area contributed by atoms with E-state index in [4.69, 9.17) is 0 Å². The van der Waals surface area contributed by atoms with E-state index in [2.05, 4.69) is 11.7 Å². The van der Waals surface area contributed by atoms with Gasteiger partial charge in [-0.15, -0.1) is 0 Å². The molecular weight excluding hydrogens is 140 g/mol. The number of hydrogen-bond acceptors (Lipinski definition) is 1. The molecule has 0 radical (unpaired) electrons. The number of hydrogen-bond donors (Lipinski definition) is 1. The van der Waals surface area contributed by atoms with Crippen molar-refractivity contribution >= 4 is 12.4 Å². The van der Waals surface area contributed by atoms with E-state index in [1.54, 1.807) is 10.8 Å². The van der Waals surface area contributed by atoms with Crippen LogP contribution in [0.15, 0.2) is 23.1 Å². The van der Waals surface area contributed by atoms with Gasteiger partial charge in [0.05, 0.1) is 6.07 Å². The molecule has 1 heterocycles. The average molecular weight is 151 g/mol. The number of nitrogens with one attached hydrogen (secondary N) is 1. The van der Waals surface area contributed by atoms with E-state index in [9.17, 15) is 4.79 Å². The summed E-state index contributed by atoms with van der Waals surface area (Å²) in [6.07, 6.45) is 1.62. The molecule has 58 valence electrons. The predicted octanol–water partition coefficient (Wildman–Crippen LogP) is 0.739. The summed E-state index contributed by atoms with van der Waals surface area (Å²) in [5.74, 6) is 0. The molecule has 3 nitrogen and oxygen atoms in total. The topological polar surface area (TPSA) is 35.9 Å². The Labute approximate surface area is 65.0 Å². The molecule has 0 fully saturated rings. The van der Waals surface area contributed by atoms with E-state index in [1.807, 2.05) is 13.0 Å². The lowest BCUT2D eigenvalue weighted by molar-refractivity contribution is -0.426. The van der Waals surface area contributed by atoms with Crippen molar-refractivity contribution in [2.45, 2.75) is 6.92 Å². The Hall–Kier alpha value is -1.38. The largest absolute Gasteiger partial charge is 0.329 e. The normalized spacial score (nSPS) is 9.55. The summed E-state index contributed by atoms with van der Waals surface area (Å²) in [6.45, 7) is 6.52. The molecule has 0 saturated carbocycles. The Morgan fingerprint density at radius 2 is 2.45 bits per heavy atom. The van der Waals surface area contributed by atoms with Crippen LogP contribution < -0.4 is 5.56 Å². The summed E-state index contributed by atoms with van der Waals surface area (Å²) in [6, 6.07) is 3.34. The Bertz CT molecular complexity index is 314. The predicted molar refractivity (Wildman–Crippen MR) is 44.6 cm³/mol. The van der Waals surface area contributed by atoms with Crippen LogP contribution in [0.5, 0.6) is 0 Å². The number of nitrogens with zero attached hydrogens (tertiary/aromatic N) is 1. The van der Waals surface area contributed by atoms with Gasteiger partial charge < -0.3 is 4.98 Å². The Morgan fingerprint density at radius 1 is 1.73 bits per heavy atom. The maximum atomic E-state index is 10.8. The highest BCUT2D eigenvalue weighted by atomic mass is 16.1. The Morgan fingerprint density at radius 3 is 3.00 bits per heavy atom. The third-order valence-corrected chi connectivity index (χ3v) is 1.51. The summed E-state index contributed by atoms with van der Waals surface area (Å²) in [4.78, 5) is 13.3. The second kappa shape index (κ2) is 3.14. The van der Waals surface area contributed by atoms with Gasteiger partial charge in [0.1, 0.15) is 13.3 Å². The molecule has 1 N–H and O–H groups in total. The van der Waals surface area contributed by atoms with Crippen molar-refractivity contribution in [1.82, 2.24) is 4.98 Å². The van der Waals surface area contributed by atoms with Crippen LogP contribution in [-0.2, 0) is 0 Å². The molecule has 3 heteroatoms. The Kier molecular flexibility index (Phi) is 2.21. The maximum absolute atomic E-state index is 10.8.